The molecule has 0 aliphatic rings. The summed E-state index contributed by atoms with van der Waals surface area (Å²) in [5.74, 6) is 0. The first-order valence-corrected chi connectivity index (χ1v) is 4.64. The van der Waals surface area contributed by atoms with Gasteiger partial charge >= 0.3 is 6.09 Å². The molecule has 0 aromatic rings. The molecule has 0 aliphatic carbocycles. The molecule has 76 valence electrons. The Kier molecular flexibility index (Phi) is 6.02. The Morgan fingerprint density at radius 3 is 2.62 bits per heavy atom. The molecule has 1 amide bonds. The predicted molar refractivity (Wildman–Crippen MR) is 53.7 cm³/mol. The maximum atomic E-state index is 11.0. The number of carbonyl (C=O) groups excluding carboxylic acids is 1. The molecule has 0 spiro atoms. The van der Waals surface area contributed by atoms with Crippen LogP contribution in [0.4, 0.5) is 4.79 Å². The van der Waals surface area contributed by atoms with Gasteiger partial charge < -0.3 is 10.1 Å². The molecular weight excluding hydrogens is 166 g/mol. The third-order valence-corrected chi connectivity index (χ3v) is 1.64. The zero-order valence-corrected chi connectivity index (χ0v) is 8.89. The lowest BCUT2D eigenvalue weighted by Gasteiger charge is -2.10. The molecule has 0 fully saturated rings. The first kappa shape index (κ1) is 12.0. The molecule has 0 saturated carbocycles. The minimum atomic E-state index is -0.341. The minimum Gasteiger partial charge on any atom is -0.447 e. The lowest BCUT2D eigenvalue weighted by Crippen LogP contribution is -2.27. The summed E-state index contributed by atoms with van der Waals surface area (Å²) >= 11 is 0. The van der Waals surface area contributed by atoms with Gasteiger partial charge in [-0.15, -0.1) is 0 Å². The van der Waals surface area contributed by atoms with Crippen LogP contribution in [0.2, 0.25) is 0 Å². The van der Waals surface area contributed by atoms with E-state index in [9.17, 15) is 4.79 Å². The summed E-state index contributed by atoms with van der Waals surface area (Å²) < 4.78 is 5.00. The highest BCUT2D eigenvalue weighted by Crippen LogP contribution is 1.95. The number of allylic oxidation sites excluding steroid dienone is 1. The van der Waals surface area contributed by atoms with Crippen LogP contribution < -0.4 is 5.32 Å². The molecule has 0 radical (unpaired) electrons. The number of nitrogens with one attached hydrogen (secondary N) is 1. The van der Waals surface area contributed by atoms with E-state index in [4.69, 9.17) is 4.74 Å². The van der Waals surface area contributed by atoms with E-state index < -0.39 is 0 Å². The fourth-order valence-electron chi connectivity index (χ4n) is 0.646. The van der Waals surface area contributed by atoms with Gasteiger partial charge in [0.05, 0.1) is 0 Å². The molecule has 0 aromatic carbocycles. The molecule has 0 heterocycles. The van der Waals surface area contributed by atoms with Crippen molar-refractivity contribution in [1.29, 1.82) is 0 Å². The number of ether oxygens (including phenoxy) is 1. The predicted octanol–water partition coefficient (Wildman–Crippen LogP) is 2.48. The molecule has 1 N–H and O–H groups in total. The number of alkyl carbamates (subject to hydrolysis) is 1. The van der Waals surface area contributed by atoms with Crippen molar-refractivity contribution in [1.82, 2.24) is 5.32 Å². The molecule has 0 aliphatic heterocycles. The van der Waals surface area contributed by atoms with Gasteiger partial charge in [-0.05, 0) is 27.2 Å². The molecule has 13 heavy (non-hydrogen) atoms. The van der Waals surface area contributed by atoms with E-state index >= 15 is 0 Å². The van der Waals surface area contributed by atoms with Crippen LogP contribution in [-0.4, -0.2) is 18.7 Å². The van der Waals surface area contributed by atoms with Crippen molar-refractivity contribution in [3.8, 4) is 0 Å². The molecule has 0 saturated heterocycles. The Hall–Kier alpha value is -0.990. The molecule has 3 nitrogen and oxygen atoms in total. The van der Waals surface area contributed by atoms with E-state index in [1.165, 1.54) is 5.57 Å². The fraction of sp³-hybridized carbons (Fsp3) is 0.700. The van der Waals surface area contributed by atoms with Crippen molar-refractivity contribution >= 4 is 6.09 Å². The molecule has 0 aromatic heterocycles. The number of hydrogen-bond donors (Lipinski definition) is 1. The van der Waals surface area contributed by atoms with Crippen molar-refractivity contribution in [2.45, 2.75) is 40.2 Å². The molecule has 3 heteroatoms. The summed E-state index contributed by atoms with van der Waals surface area (Å²) in [4.78, 5) is 11.0. The maximum Gasteiger partial charge on any atom is 0.407 e. The largest absolute Gasteiger partial charge is 0.447 e. The second-order valence-electron chi connectivity index (χ2n) is 3.29. The van der Waals surface area contributed by atoms with E-state index in [-0.39, 0.29) is 12.2 Å². The average molecular weight is 185 g/mol. The monoisotopic (exact) mass is 185 g/mol. The second-order valence-corrected chi connectivity index (χ2v) is 3.29. The van der Waals surface area contributed by atoms with E-state index in [2.05, 4.69) is 5.32 Å². The highest BCUT2D eigenvalue weighted by atomic mass is 16.6. The topological polar surface area (TPSA) is 38.3 Å². The Morgan fingerprint density at radius 1 is 1.54 bits per heavy atom. The Labute approximate surface area is 80.2 Å². The van der Waals surface area contributed by atoms with E-state index in [1.807, 2.05) is 33.8 Å². The van der Waals surface area contributed by atoms with Crippen molar-refractivity contribution in [2.24, 2.45) is 0 Å². The van der Waals surface area contributed by atoms with Crippen molar-refractivity contribution in [3.05, 3.63) is 11.6 Å². The van der Waals surface area contributed by atoms with Gasteiger partial charge in [0.1, 0.15) is 6.10 Å². The SMILES string of the molecule is CCC(C)OC(=O)NCC=C(C)C. The summed E-state index contributed by atoms with van der Waals surface area (Å²) in [6.07, 6.45) is 2.44. The van der Waals surface area contributed by atoms with Crippen LogP contribution in [0.5, 0.6) is 0 Å². The van der Waals surface area contributed by atoms with Gasteiger partial charge in [0.15, 0.2) is 0 Å². The molecular formula is C10H19NO2. The van der Waals surface area contributed by atoms with Crippen LogP contribution in [0.15, 0.2) is 11.6 Å². The van der Waals surface area contributed by atoms with Gasteiger partial charge in [0.2, 0.25) is 0 Å². The van der Waals surface area contributed by atoms with E-state index in [1.54, 1.807) is 0 Å². The number of carbonyl (C=O) groups is 1. The van der Waals surface area contributed by atoms with Gasteiger partial charge in [0, 0.05) is 6.54 Å². The van der Waals surface area contributed by atoms with E-state index in [0.29, 0.717) is 6.54 Å². The van der Waals surface area contributed by atoms with Gasteiger partial charge in [-0.1, -0.05) is 18.6 Å². The molecule has 0 bridgehead atoms. The van der Waals surface area contributed by atoms with Gasteiger partial charge in [-0.3, -0.25) is 0 Å². The third-order valence-electron chi connectivity index (χ3n) is 1.64. The van der Waals surface area contributed by atoms with Crippen LogP contribution in [0.25, 0.3) is 0 Å². The zero-order chi connectivity index (χ0) is 10.3. The van der Waals surface area contributed by atoms with Crippen molar-refractivity contribution in [3.63, 3.8) is 0 Å². The number of rotatable bonds is 4. The normalized spacial score (nSPS) is 11.7. The lowest BCUT2D eigenvalue weighted by molar-refractivity contribution is 0.106. The quantitative estimate of drug-likeness (QED) is 0.683. The summed E-state index contributed by atoms with van der Waals surface area (Å²) in [6.45, 7) is 8.37. The van der Waals surface area contributed by atoms with Crippen LogP contribution in [-0.2, 0) is 4.74 Å². The first-order chi connectivity index (χ1) is 6.06. The number of hydrogen-bond acceptors (Lipinski definition) is 2. The van der Waals surface area contributed by atoms with Crippen LogP contribution in [0.3, 0.4) is 0 Å². The molecule has 0 rings (SSSR count). The van der Waals surface area contributed by atoms with Crippen molar-refractivity contribution in [2.75, 3.05) is 6.54 Å². The molecule has 1 unspecified atom stereocenters. The van der Waals surface area contributed by atoms with Crippen LogP contribution in [0, 0.1) is 0 Å². The number of amides is 1. The summed E-state index contributed by atoms with van der Waals surface area (Å²) in [6, 6.07) is 0. The fourth-order valence-corrected chi connectivity index (χ4v) is 0.646. The molecule has 1 atom stereocenters. The summed E-state index contributed by atoms with van der Waals surface area (Å²) in [7, 11) is 0. The minimum absolute atomic E-state index is 0.00768. The standard InChI is InChI=1S/C10H19NO2/c1-5-9(4)13-10(12)11-7-6-8(2)3/h6,9H,5,7H2,1-4H3,(H,11,12). The maximum absolute atomic E-state index is 11.0. The van der Waals surface area contributed by atoms with E-state index in [0.717, 1.165) is 6.42 Å². The zero-order valence-electron chi connectivity index (χ0n) is 8.89. The van der Waals surface area contributed by atoms with Gasteiger partial charge in [-0.2, -0.15) is 0 Å². The summed E-state index contributed by atoms with van der Waals surface area (Å²) in [5.41, 5.74) is 1.18. The highest BCUT2D eigenvalue weighted by Gasteiger charge is 2.04. The smallest absolute Gasteiger partial charge is 0.407 e. The Bertz CT molecular complexity index is 183. The first-order valence-electron chi connectivity index (χ1n) is 4.64. The average Bonchev–Trinajstić information content (AvgIpc) is 2.03. The lowest BCUT2D eigenvalue weighted by atomic mass is 10.3. The van der Waals surface area contributed by atoms with Gasteiger partial charge in [0.25, 0.3) is 0 Å². The second kappa shape index (κ2) is 6.52. The van der Waals surface area contributed by atoms with Gasteiger partial charge in [-0.25, -0.2) is 4.79 Å². The summed E-state index contributed by atoms with van der Waals surface area (Å²) in [5, 5.41) is 2.64. The van der Waals surface area contributed by atoms with Crippen LogP contribution >= 0.6 is 0 Å². The highest BCUT2D eigenvalue weighted by molar-refractivity contribution is 5.67. The van der Waals surface area contributed by atoms with Crippen LogP contribution in [0.1, 0.15) is 34.1 Å². The third kappa shape index (κ3) is 7.37. The Morgan fingerprint density at radius 2 is 2.15 bits per heavy atom. The van der Waals surface area contributed by atoms with Crippen molar-refractivity contribution < 1.29 is 9.53 Å². The Balaban J connectivity index is 3.58.